The van der Waals surface area contributed by atoms with Gasteiger partial charge in [0.2, 0.25) is 0 Å². The van der Waals surface area contributed by atoms with Crippen LogP contribution in [0.3, 0.4) is 0 Å². The van der Waals surface area contributed by atoms with Crippen LogP contribution in [0.2, 0.25) is 0 Å². The Hall–Kier alpha value is -2.15. The average molecular weight is 273 g/mol. The number of nitrogens with zero attached hydrogens (tertiary/aromatic N) is 1. The van der Waals surface area contributed by atoms with Gasteiger partial charge in [0, 0.05) is 17.5 Å². The van der Waals surface area contributed by atoms with Gasteiger partial charge in [0.15, 0.2) is 0 Å². The summed E-state index contributed by atoms with van der Waals surface area (Å²) >= 11 is 0. The molecule has 0 amide bonds. The first kappa shape index (κ1) is 12.6. The second-order valence-corrected chi connectivity index (χ2v) is 5.76. The molecule has 0 N–H and O–H groups in total. The zero-order chi connectivity index (χ0) is 14.4. The molecule has 1 heteroatoms. The quantitative estimate of drug-likeness (QED) is 0.504. The lowest BCUT2D eigenvalue weighted by Crippen LogP contribution is -1.99. The number of aryl methyl sites for hydroxylation is 2. The van der Waals surface area contributed by atoms with Gasteiger partial charge in [-0.25, -0.2) is 0 Å². The number of benzene rings is 2. The summed E-state index contributed by atoms with van der Waals surface area (Å²) in [5.41, 5.74) is 9.59. The molecule has 0 saturated carbocycles. The minimum absolute atomic E-state index is 1.00. The molecule has 4 rings (SSSR count). The monoisotopic (exact) mass is 273 g/mol. The van der Waals surface area contributed by atoms with Crippen LogP contribution in [-0.4, -0.2) is 4.98 Å². The zero-order valence-electron chi connectivity index (χ0n) is 12.6. The lowest BCUT2D eigenvalue weighted by molar-refractivity contribution is 1.01. The Balaban J connectivity index is 2.18. The summed E-state index contributed by atoms with van der Waals surface area (Å²) in [6.07, 6.45) is 3.09. The highest BCUT2D eigenvalue weighted by Crippen LogP contribution is 2.43. The van der Waals surface area contributed by atoms with E-state index in [-0.39, 0.29) is 0 Å². The van der Waals surface area contributed by atoms with Crippen molar-refractivity contribution in [2.24, 2.45) is 0 Å². The molecule has 0 bridgehead atoms. The van der Waals surface area contributed by atoms with Gasteiger partial charge in [-0.15, -0.1) is 0 Å². The number of fused-ring (bicyclic) bond motifs is 5. The van der Waals surface area contributed by atoms with Crippen molar-refractivity contribution in [2.45, 2.75) is 33.1 Å². The Bertz CT molecular complexity index is 846. The normalized spacial score (nSPS) is 12.5. The van der Waals surface area contributed by atoms with E-state index >= 15 is 0 Å². The number of pyridine rings is 1. The molecule has 2 aromatic carbocycles. The first-order valence-corrected chi connectivity index (χ1v) is 7.85. The molecule has 0 unspecified atom stereocenters. The summed E-state index contributed by atoms with van der Waals surface area (Å²) < 4.78 is 0. The Morgan fingerprint density at radius 3 is 2.62 bits per heavy atom. The van der Waals surface area contributed by atoms with Gasteiger partial charge >= 0.3 is 0 Å². The van der Waals surface area contributed by atoms with E-state index in [0.29, 0.717) is 0 Å². The highest BCUT2D eigenvalue weighted by Gasteiger charge is 2.24. The van der Waals surface area contributed by atoms with Crippen molar-refractivity contribution in [3.63, 3.8) is 0 Å². The van der Waals surface area contributed by atoms with E-state index in [9.17, 15) is 0 Å². The molecule has 1 aliphatic rings. The fraction of sp³-hybridized carbons (Fsp3) is 0.250. The Morgan fingerprint density at radius 2 is 1.81 bits per heavy atom. The smallest absolute Gasteiger partial charge is 0.0714 e. The van der Waals surface area contributed by atoms with Crippen molar-refractivity contribution in [2.75, 3.05) is 0 Å². The first-order valence-electron chi connectivity index (χ1n) is 7.85. The van der Waals surface area contributed by atoms with E-state index in [1.807, 2.05) is 0 Å². The van der Waals surface area contributed by atoms with Crippen LogP contribution in [0.1, 0.15) is 36.2 Å². The van der Waals surface area contributed by atoms with Gasteiger partial charge in [-0.3, -0.25) is 4.98 Å². The van der Waals surface area contributed by atoms with Crippen LogP contribution in [0.25, 0.3) is 22.0 Å². The third kappa shape index (κ3) is 1.73. The van der Waals surface area contributed by atoms with E-state index in [2.05, 4.69) is 56.3 Å². The van der Waals surface area contributed by atoms with Gasteiger partial charge in [0.05, 0.1) is 5.52 Å². The molecule has 0 atom stereocenters. The maximum absolute atomic E-state index is 4.96. The standard InChI is InChI=1S/C20H19N/c1-3-13-9-7-11-18-19(13)20-15-10-6-5-8-14(15)12-16(20)17(4-2)21-18/h5-11H,3-4,12H2,1-2H3. The van der Waals surface area contributed by atoms with Gasteiger partial charge in [0.25, 0.3) is 0 Å². The zero-order valence-corrected chi connectivity index (χ0v) is 12.6. The van der Waals surface area contributed by atoms with E-state index in [1.165, 1.54) is 38.9 Å². The Kier molecular flexibility index (Phi) is 2.81. The van der Waals surface area contributed by atoms with Crippen molar-refractivity contribution in [3.05, 3.63) is 64.8 Å². The number of hydrogen-bond acceptors (Lipinski definition) is 1. The van der Waals surface area contributed by atoms with E-state index in [1.54, 1.807) is 0 Å². The van der Waals surface area contributed by atoms with E-state index < -0.39 is 0 Å². The molecule has 104 valence electrons. The lowest BCUT2D eigenvalue weighted by atomic mass is 9.94. The summed E-state index contributed by atoms with van der Waals surface area (Å²) in [6, 6.07) is 15.4. The molecule has 0 saturated heterocycles. The largest absolute Gasteiger partial charge is 0.252 e. The number of rotatable bonds is 2. The Labute approximate surface area is 125 Å². The molecule has 21 heavy (non-hydrogen) atoms. The van der Waals surface area contributed by atoms with Crippen molar-refractivity contribution < 1.29 is 0 Å². The minimum atomic E-state index is 1.00. The molecular weight excluding hydrogens is 254 g/mol. The maximum atomic E-state index is 4.96. The van der Waals surface area contributed by atoms with Crippen molar-refractivity contribution >= 4 is 10.9 Å². The van der Waals surface area contributed by atoms with Crippen molar-refractivity contribution in [3.8, 4) is 11.1 Å². The van der Waals surface area contributed by atoms with E-state index in [4.69, 9.17) is 4.98 Å². The first-order chi connectivity index (χ1) is 10.3. The highest BCUT2D eigenvalue weighted by atomic mass is 14.7. The molecule has 0 aliphatic heterocycles. The van der Waals surface area contributed by atoms with Gasteiger partial charge in [-0.05, 0) is 46.7 Å². The molecule has 1 aromatic heterocycles. The predicted molar refractivity (Wildman–Crippen MR) is 88.7 cm³/mol. The van der Waals surface area contributed by atoms with E-state index in [0.717, 1.165) is 24.8 Å². The van der Waals surface area contributed by atoms with Crippen LogP contribution in [0.4, 0.5) is 0 Å². The maximum Gasteiger partial charge on any atom is 0.0714 e. The van der Waals surface area contributed by atoms with Crippen LogP contribution in [0, 0.1) is 0 Å². The third-order valence-electron chi connectivity index (χ3n) is 4.65. The molecule has 1 aliphatic carbocycles. The summed E-state index contributed by atoms with van der Waals surface area (Å²) in [5.74, 6) is 0. The average Bonchev–Trinajstić information content (AvgIpc) is 2.92. The molecule has 0 fully saturated rings. The van der Waals surface area contributed by atoms with Gasteiger partial charge < -0.3 is 0 Å². The van der Waals surface area contributed by atoms with Gasteiger partial charge in [-0.2, -0.15) is 0 Å². The second kappa shape index (κ2) is 4.70. The van der Waals surface area contributed by atoms with Crippen LogP contribution >= 0.6 is 0 Å². The van der Waals surface area contributed by atoms with Crippen LogP contribution in [0.5, 0.6) is 0 Å². The number of aromatic nitrogens is 1. The second-order valence-electron chi connectivity index (χ2n) is 5.76. The lowest BCUT2D eigenvalue weighted by Gasteiger charge is -2.13. The fourth-order valence-corrected chi connectivity index (χ4v) is 3.66. The Morgan fingerprint density at radius 1 is 0.952 bits per heavy atom. The van der Waals surface area contributed by atoms with Crippen molar-refractivity contribution in [1.82, 2.24) is 4.98 Å². The van der Waals surface area contributed by atoms with Crippen molar-refractivity contribution in [1.29, 1.82) is 0 Å². The summed E-state index contributed by atoms with van der Waals surface area (Å²) in [4.78, 5) is 4.96. The molecule has 0 spiro atoms. The van der Waals surface area contributed by atoms with Crippen LogP contribution < -0.4 is 0 Å². The van der Waals surface area contributed by atoms with Gasteiger partial charge in [0.1, 0.15) is 0 Å². The molecule has 0 radical (unpaired) electrons. The minimum Gasteiger partial charge on any atom is -0.252 e. The molecule has 1 heterocycles. The topological polar surface area (TPSA) is 12.9 Å². The SMILES string of the molecule is CCc1nc2cccc(CC)c2c2c1Cc1ccccc1-2. The number of hydrogen-bond donors (Lipinski definition) is 0. The molecular formula is C20H19N. The molecule has 3 aromatic rings. The summed E-state index contributed by atoms with van der Waals surface area (Å²) in [6.45, 7) is 4.44. The van der Waals surface area contributed by atoms with Gasteiger partial charge in [-0.1, -0.05) is 50.2 Å². The third-order valence-corrected chi connectivity index (χ3v) is 4.65. The molecule has 1 nitrogen and oxygen atoms in total. The summed E-state index contributed by atoms with van der Waals surface area (Å²) in [7, 11) is 0. The fourth-order valence-electron chi connectivity index (χ4n) is 3.66. The summed E-state index contributed by atoms with van der Waals surface area (Å²) in [5, 5.41) is 1.37. The highest BCUT2D eigenvalue weighted by molar-refractivity contribution is 6.01. The van der Waals surface area contributed by atoms with Crippen LogP contribution in [-0.2, 0) is 19.3 Å². The predicted octanol–water partition coefficient (Wildman–Crippen LogP) is 4.93. The van der Waals surface area contributed by atoms with Crippen LogP contribution in [0.15, 0.2) is 42.5 Å².